The number of hydrogen-bond acceptors (Lipinski definition) is 4. The molecule has 1 aliphatic rings. The van der Waals surface area contributed by atoms with E-state index in [0.29, 0.717) is 11.6 Å². The summed E-state index contributed by atoms with van der Waals surface area (Å²) in [6.45, 7) is 6.71. The molecule has 1 amide bonds. The Balaban J connectivity index is 1.41. The molecule has 0 spiro atoms. The van der Waals surface area contributed by atoms with Crippen molar-refractivity contribution < 1.29 is 4.79 Å². The van der Waals surface area contributed by atoms with Gasteiger partial charge in [-0.1, -0.05) is 47.5 Å². The molecule has 7 heteroatoms. The van der Waals surface area contributed by atoms with Crippen molar-refractivity contribution in [1.29, 1.82) is 0 Å². The molecule has 0 saturated carbocycles. The van der Waals surface area contributed by atoms with E-state index in [2.05, 4.69) is 32.5 Å². The first kappa shape index (κ1) is 20.8. The fourth-order valence-electron chi connectivity index (χ4n) is 3.09. The molecule has 2 aromatic rings. The molecule has 1 saturated heterocycles. The van der Waals surface area contributed by atoms with Crippen LogP contribution in [0, 0.1) is 0 Å². The van der Waals surface area contributed by atoms with Crippen LogP contribution in [0.2, 0.25) is 10.0 Å². The summed E-state index contributed by atoms with van der Waals surface area (Å²) >= 11 is 11.8. The number of benzene rings is 2. The molecule has 0 aliphatic carbocycles. The van der Waals surface area contributed by atoms with E-state index < -0.39 is 0 Å². The molecule has 0 unspecified atom stereocenters. The minimum Gasteiger partial charge on any atom is -0.297 e. The predicted molar refractivity (Wildman–Crippen MR) is 115 cm³/mol. The fraction of sp³-hybridized carbons (Fsp3) is 0.333. The molecule has 1 aliphatic heterocycles. The molecular formula is C21H24Cl2N4O. The van der Waals surface area contributed by atoms with Crippen LogP contribution in [0.3, 0.4) is 0 Å². The zero-order valence-corrected chi connectivity index (χ0v) is 17.4. The summed E-state index contributed by atoms with van der Waals surface area (Å²) in [6.07, 6.45) is 0. The lowest BCUT2D eigenvalue weighted by atomic mass is 10.1. The first-order valence-corrected chi connectivity index (χ1v) is 10.0. The van der Waals surface area contributed by atoms with E-state index in [1.807, 2.05) is 31.2 Å². The highest BCUT2D eigenvalue weighted by molar-refractivity contribution is 6.30. The lowest BCUT2D eigenvalue weighted by molar-refractivity contribution is -0.122. The smallest absolute Gasteiger partial charge is 0.254 e. The summed E-state index contributed by atoms with van der Waals surface area (Å²) in [4.78, 5) is 16.7. The van der Waals surface area contributed by atoms with Gasteiger partial charge >= 0.3 is 0 Å². The fourth-order valence-corrected chi connectivity index (χ4v) is 3.35. The van der Waals surface area contributed by atoms with Crippen molar-refractivity contribution in [3.05, 3.63) is 69.7 Å². The Morgan fingerprint density at radius 2 is 1.46 bits per heavy atom. The lowest BCUT2D eigenvalue weighted by Gasteiger charge is -2.34. The second-order valence-electron chi connectivity index (χ2n) is 6.92. The minimum atomic E-state index is -0.0977. The Morgan fingerprint density at radius 3 is 2.07 bits per heavy atom. The summed E-state index contributed by atoms with van der Waals surface area (Å²) in [5.74, 6) is -0.0977. The van der Waals surface area contributed by atoms with Crippen molar-refractivity contribution in [2.24, 2.45) is 5.10 Å². The van der Waals surface area contributed by atoms with Gasteiger partial charge in [-0.15, -0.1) is 0 Å². The van der Waals surface area contributed by atoms with Crippen molar-refractivity contribution in [1.82, 2.24) is 15.2 Å². The number of carbonyl (C=O) groups excluding carboxylic acids is 1. The molecule has 1 heterocycles. The number of amides is 1. The van der Waals surface area contributed by atoms with Gasteiger partial charge in [0.2, 0.25) is 0 Å². The standard InChI is InChI=1S/C21H24Cl2N4O/c1-16(18-4-8-20(23)9-5-18)24-25-21(28)15-27-12-10-26(11-13-27)14-17-2-6-19(22)7-3-17/h2-9H,10-15H2,1H3,(H,25,28)/b24-16+. The van der Waals surface area contributed by atoms with Gasteiger partial charge in [-0.25, -0.2) is 5.43 Å². The van der Waals surface area contributed by atoms with E-state index in [-0.39, 0.29) is 5.91 Å². The van der Waals surface area contributed by atoms with Crippen LogP contribution in [0.1, 0.15) is 18.1 Å². The van der Waals surface area contributed by atoms with E-state index in [1.165, 1.54) is 5.56 Å². The quantitative estimate of drug-likeness (QED) is 0.575. The van der Waals surface area contributed by atoms with E-state index in [0.717, 1.165) is 49.0 Å². The summed E-state index contributed by atoms with van der Waals surface area (Å²) in [7, 11) is 0. The van der Waals surface area contributed by atoms with Crippen molar-refractivity contribution in [2.45, 2.75) is 13.5 Å². The van der Waals surface area contributed by atoms with Crippen molar-refractivity contribution >= 4 is 34.8 Å². The maximum atomic E-state index is 12.2. The minimum absolute atomic E-state index is 0.0977. The van der Waals surface area contributed by atoms with Gasteiger partial charge in [0.15, 0.2) is 0 Å². The van der Waals surface area contributed by atoms with Crippen LogP contribution in [0.4, 0.5) is 0 Å². The maximum absolute atomic E-state index is 12.2. The van der Waals surface area contributed by atoms with Crippen LogP contribution in [0.25, 0.3) is 0 Å². The van der Waals surface area contributed by atoms with Crippen molar-refractivity contribution in [2.75, 3.05) is 32.7 Å². The van der Waals surface area contributed by atoms with E-state index in [1.54, 1.807) is 12.1 Å². The van der Waals surface area contributed by atoms with Crippen LogP contribution in [-0.4, -0.2) is 54.1 Å². The van der Waals surface area contributed by atoms with Crippen LogP contribution in [-0.2, 0) is 11.3 Å². The second kappa shape index (κ2) is 10.0. The summed E-state index contributed by atoms with van der Waals surface area (Å²) < 4.78 is 0. The highest BCUT2D eigenvalue weighted by atomic mass is 35.5. The van der Waals surface area contributed by atoms with E-state index in [4.69, 9.17) is 23.2 Å². The van der Waals surface area contributed by atoms with Gasteiger partial charge in [0, 0.05) is 42.8 Å². The molecule has 0 bridgehead atoms. The molecule has 1 N–H and O–H groups in total. The molecular weight excluding hydrogens is 395 g/mol. The Hall–Kier alpha value is -1.92. The Kier molecular flexibility index (Phi) is 7.45. The lowest BCUT2D eigenvalue weighted by Crippen LogP contribution is -2.48. The van der Waals surface area contributed by atoms with Crippen LogP contribution >= 0.6 is 23.2 Å². The normalized spacial score (nSPS) is 16.2. The van der Waals surface area contributed by atoms with Crippen molar-refractivity contribution in [3.8, 4) is 0 Å². The van der Waals surface area contributed by atoms with Gasteiger partial charge in [0.1, 0.15) is 0 Å². The van der Waals surface area contributed by atoms with Gasteiger partial charge < -0.3 is 0 Å². The van der Waals surface area contributed by atoms with Gasteiger partial charge in [-0.2, -0.15) is 5.10 Å². The zero-order valence-electron chi connectivity index (χ0n) is 15.9. The third-order valence-corrected chi connectivity index (χ3v) is 5.27. The van der Waals surface area contributed by atoms with Gasteiger partial charge in [0.25, 0.3) is 5.91 Å². The third-order valence-electron chi connectivity index (χ3n) is 4.76. The SMILES string of the molecule is C/C(=N\NC(=O)CN1CCN(Cc2ccc(Cl)cc2)CC1)c1ccc(Cl)cc1. The van der Waals surface area contributed by atoms with E-state index in [9.17, 15) is 4.79 Å². The summed E-state index contributed by atoms with van der Waals surface area (Å²) in [5.41, 5.74) is 5.58. The number of rotatable bonds is 6. The molecule has 0 radical (unpaired) electrons. The molecule has 3 rings (SSSR count). The van der Waals surface area contributed by atoms with Gasteiger partial charge in [-0.3, -0.25) is 14.6 Å². The van der Waals surface area contributed by atoms with Crippen LogP contribution < -0.4 is 5.43 Å². The third kappa shape index (κ3) is 6.31. The number of hydrogen-bond donors (Lipinski definition) is 1. The molecule has 5 nitrogen and oxygen atoms in total. The first-order valence-electron chi connectivity index (χ1n) is 9.28. The summed E-state index contributed by atoms with van der Waals surface area (Å²) in [5, 5.41) is 5.63. The topological polar surface area (TPSA) is 47.9 Å². The molecule has 0 aromatic heterocycles. The maximum Gasteiger partial charge on any atom is 0.254 e. The predicted octanol–water partition coefficient (Wildman–Crippen LogP) is 3.65. The molecule has 1 fully saturated rings. The van der Waals surface area contributed by atoms with Gasteiger partial charge in [0.05, 0.1) is 12.3 Å². The molecule has 2 aromatic carbocycles. The Labute approximate surface area is 175 Å². The number of carbonyl (C=O) groups is 1. The average molecular weight is 419 g/mol. The highest BCUT2D eigenvalue weighted by Crippen LogP contribution is 2.13. The summed E-state index contributed by atoms with van der Waals surface area (Å²) in [6, 6.07) is 15.3. The second-order valence-corrected chi connectivity index (χ2v) is 7.79. The highest BCUT2D eigenvalue weighted by Gasteiger charge is 2.19. The Morgan fingerprint density at radius 1 is 0.929 bits per heavy atom. The largest absolute Gasteiger partial charge is 0.297 e. The molecule has 28 heavy (non-hydrogen) atoms. The Bertz CT molecular complexity index is 813. The van der Waals surface area contributed by atoms with Crippen molar-refractivity contribution in [3.63, 3.8) is 0 Å². The monoisotopic (exact) mass is 418 g/mol. The number of halogens is 2. The van der Waals surface area contributed by atoms with Gasteiger partial charge in [-0.05, 0) is 42.3 Å². The molecule has 0 atom stereocenters. The first-order chi connectivity index (χ1) is 13.5. The average Bonchev–Trinajstić information content (AvgIpc) is 2.70. The number of hydrazone groups is 1. The number of nitrogens with zero attached hydrogens (tertiary/aromatic N) is 3. The van der Waals surface area contributed by atoms with Crippen LogP contribution in [0.5, 0.6) is 0 Å². The molecule has 148 valence electrons. The number of nitrogens with one attached hydrogen (secondary N) is 1. The zero-order chi connectivity index (χ0) is 19.9. The van der Waals surface area contributed by atoms with Crippen LogP contribution in [0.15, 0.2) is 53.6 Å². The number of piperazine rings is 1. The van der Waals surface area contributed by atoms with E-state index >= 15 is 0 Å².